The topological polar surface area (TPSA) is 43.4 Å². The van der Waals surface area contributed by atoms with Crippen molar-refractivity contribution in [1.82, 2.24) is 0 Å². The van der Waals surface area contributed by atoms with E-state index >= 15 is 0 Å². The number of carbonyl (C=O) groups excluding carboxylic acids is 2. The number of rotatable bonds is 1. The Morgan fingerprint density at radius 3 is 2.11 bits per heavy atom. The van der Waals surface area contributed by atoms with E-state index in [9.17, 15) is 9.59 Å². The third-order valence-electron chi connectivity index (χ3n) is 3.16. The molecule has 1 aliphatic rings. The normalized spacial score (nSPS) is 17.8. The fraction of sp³-hybridized carbons (Fsp3) is 0.333. The third kappa shape index (κ3) is 2.28. The zero-order valence-corrected chi connectivity index (χ0v) is 12.5. The van der Waals surface area contributed by atoms with E-state index in [-0.39, 0.29) is 0 Å². The average molecular weight is 276 g/mol. The number of hydrogen-bond donors (Lipinski definition) is 0. The molecule has 0 saturated carbocycles. The van der Waals surface area contributed by atoms with Crippen LogP contribution in [0.4, 0.5) is 0 Å². The van der Waals surface area contributed by atoms with Crippen LogP contribution in [-0.4, -0.2) is 11.9 Å². The Balaban J connectivity index is 2.69. The van der Waals surface area contributed by atoms with Gasteiger partial charge in [-0.3, -0.25) is 0 Å². The summed E-state index contributed by atoms with van der Waals surface area (Å²) in [5.41, 5.74) is 3.45. The van der Waals surface area contributed by atoms with E-state index in [4.69, 9.17) is 4.74 Å². The molecule has 0 unspecified atom stereocenters. The third-order valence-corrected chi connectivity index (χ3v) is 4.13. The Morgan fingerprint density at radius 1 is 1.05 bits per heavy atom. The quantitative estimate of drug-likeness (QED) is 0.447. The number of cyclic esters (lactones) is 2. The van der Waals surface area contributed by atoms with Crippen LogP contribution in [-0.2, 0) is 14.3 Å². The Labute approximate surface area is 116 Å². The number of carbonyl (C=O) groups is 2. The molecule has 0 aliphatic carbocycles. The van der Waals surface area contributed by atoms with Gasteiger partial charge in [0.25, 0.3) is 0 Å². The summed E-state index contributed by atoms with van der Waals surface area (Å²) < 4.78 is 4.75. The van der Waals surface area contributed by atoms with Crippen molar-refractivity contribution < 1.29 is 14.3 Å². The van der Waals surface area contributed by atoms with E-state index in [1.807, 2.05) is 40.7 Å². The summed E-state index contributed by atoms with van der Waals surface area (Å²) in [7, 11) is 0. The zero-order valence-electron chi connectivity index (χ0n) is 11.7. The predicted octanol–water partition coefficient (Wildman–Crippen LogP) is 3.56. The zero-order chi connectivity index (χ0) is 14.3. The van der Waals surface area contributed by atoms with E-state index in [1.54, 1.807) is 11.3 Å². The summed E-state index contributed by atoms with van der Waals surface area (Å²) in [6.45, 7) is 9.54. The van der Waals surface area contributed by atoms with Gasteiger partial charge in [0.1, 0.15) is 0 Å². The van der Waals surface area contributed by atoms with Gasteiger partial charge in [0.05, 0.1) is 11.1 Å². The SMILES string of the molecule is CC(C)=C1C(=O)OC(=O)/C1=C(/C)c1cc(C)sc1C. The average Bonchev–Trinajstić information content (AvgIpc) is 2.77. The highest BCUT2D eigenvalue weighted by Crippen LogP contribution is 2.35. The Hall–Kier alpha value is -1.68. The standard InChI is InChI=1S/C15H16O3S/c1-7(2)12-13(15(17)18-14(12)16)9(4)11-6-8(3)19-10(11)5/h6H,1-5H3/b13-9-. The van der Waals surface area contributed by atoms with Gasteiger partial charge in [-0.15, -0.1) is 11.3 Å². The lowest BCUT2D eigenvalue weighted by molar-refractivity contribution is -0.149. The van der Waals surface area contributed by atoms with Crippen molar-refractivity contribution in [2.75, 3.05) is 0 Å². The van der Waals surface area contributed by atoms with E-state index < -0.39 is 11.9 Å². The lowest BCUT2D eigenvalue weighted by Crippen LogP contribution is -1.99. The number of esters is 2. The van der Waals surface area contributed by atoms with Gasteiger partial charge in [-0.05, 0) is 51.8 Å². The van der Waals surface area contributed by atoms with Crippen molar-refractivity contribution in [3.63, 3.8) is 0 Å². The van der Waals surface area contributed by atoms with Gasteiger partial charge in [0, 0.05) is 9.75 Å². The first-order chi connectivity index (χ1) is 8.82. The van der Waals surface area contributed by atoms with Gasteiger partial charge in [0.2, 0.25) is 0 Å². The first-order valence-corrected chi connectivity index (χ1v) is 6.87. The maximum atomic E-state index is 11.9. The maximum Gasteiger partial charge on any atom is 0.347 e. The van der Waals surface area contributed by atoms with Crippen LogP contribution in [0.5, 0.6) is 0 Å². The molecular formula is C15H16O3S. The van der Waals surface area contributed by atoms with Crippen molar-refractivity contribution in [3.05, 3.63) is 38.1 Å². The van der Waals surface area contributed by atoms with E-state index in [2.05, 4.69) is 0 Å². The Morgan fingerprint density at radius 2 is 1.63 bits per heavy atom. The molecule has 1 aromatic rings. The Kier molecular flexibility index (Phi) is 3.45. The van der Waals surface area contributed by atoms with Gasteiger partial charge >= 0.3 is 11.9 Å². The minimum absolute atomic E-state index is 0.408. The van der Waals surface area contributed by atoms with E-state index in [1.165, 1.54) is 4.88 Å². The molecule has 1 aromatic heterocycles. The van der Waals surface area contributed by atoms with Gasteiger partial charge < -0.3 is 4.74 Å². The molecule has 2 heterocycles. The monoisotopic (exact) mass is 276 g/mol. The van der Waals surface area contributed by atoms with Crippen molar-refractivity contribution in [3.8, 4) is 0 Å². The van der Waals surface area contributed by atoms with Crippen LogP contribution in [0.2, 0.25) is 0 Å². The minimum Gasteiger partial charge on any atom is -0.386 e. The fourth-order valence-electron chi connectivity index (χ4n) is 2.32. The first-order valence-electron chi connectivity index (χ1n) is 6.05. The second-order valence-electron chi connectivity index (χ2n) is 4.88. The van der Waals surface area contributed by atoms with Crippen LogP contribution in [0.1, 0.15) is 36.1 Å². The number of thiophene rings is 1. The summed E-state index contributed by atoms with van der Waals surface area (Å²) >= 11 is 1.68. The van der Waals surface area contributed by atoms with Crippen LogP contribution in [0.3, 0.4) is 0 Å². The van der Waals surface area contributed by atoms with Crippen LogP contribution in [0, 0.1) is 13.8 Å². The molecule has 1 fully saturated rings. The molecule has 0 bridgehead atoms. The molecular weight excluding hydrogens is 260 g/mol. The van der Waals surface area contributed by atoms with Gasteiger partial charge in [-0.25, -0.2) is 9.59 Å². The number of hydrogen-bond acceptors (Lipinski definition) is 4. The van der Waals surface area contributed by atoms with Crippen molar-refractivity contribution in [1.29, 1.82) is 0 Å². The van der Waals surface area contributed by atoms with Crippen molar-refractivity contribution in [2.24, 2.45) is 0 Å². The molecule has 0 spiro atoms. The largest absolute Gasteiger partial charge is 0.386 e. The summed E-state index contributed by atoms with van der Waals surface area (Å²) in [6.07, 6.45) is 0. The van der Waals surface area contributed by atoms with Gasteiger partial charge in [-0.2, -0.15) is 0 Å². The van der Waals surface area contributed by atoms with Crippen molar-refractivity contribution >= 4 is 28.8 Å². The molecule has 4 heteroatoms. The minimum atomic E-state index is -0.540. The molecule has 2 rings (SSSR count). The molecule has 100 valence electrons. The number of allylic oxidation sites excluding steroid dienone is 2. The summed E-state index contributed by atoms with van der Waals surface area (Å²) in [5, 5.41) is 0. The second kappa shape index (κ2) is 4.78. The number of ether oxygens (including phenoxy) is 1. The smallest absolute Gasteiger partial charge is 0.347 e. The molecule has 0 radical (unpaired) electrons. The summed E-state index contributed by atoms with van der Waals surface area (Å²) in [6, 6.07) is 2.04. The molecule has 0 amide bonds. The summed E-state index contributed by atoms with van der Waals surface area (Å²) in [4.78, 5) is 26.0. The lowest BCUT2D eigenvalue weighted by atomic mass is 9.95. The highest BCUT2D eigenvalue weighted by atomic mass is 32.1. The van der Waals surface area contributed by atoms with Crippen LogP contribution in [0.15, 0.2) is 22.8 Å². The second-order valence-corrected chi connectivity index (χ2v) is 6.34. The summed E-state index contributed by atoms with van der Waals surface area (Å²) in [5.74, 6) is -1.08. The Bertz CT molecular complexity index is 640. The lowest BCUT2D eigenvalue weighted by Gasteiger charge is -2.05. The fourth-order valence-corrected chi connectivity index (χ4v) is 3.30. The predicted molar refractivity (Wildman–Crippen MR) is 75.9 cm³/mol. The molecule has 0 aromatic carbocycles. The van der Waals surface area contributed by atoms with Crippen LogP contribution in [0.25, 0.3) is 5.57 Å². The molecule has 3 nitrogen and oxygen atoms in total. The van der Waals surface area contributed by atoms with Crippen molar-refractivity contribution in [2.45, 2.75) is 34.6 Å². The van der Waals surface area contributed by atoms with Gasteiger partial charge in [-0.1, -0.05) is 5.57 Å². The molecule has 1 saturated heterocycles. The highest BCUT2D eigenvalue weighted by Gasteiger charge is 2.36. The number of aryl methyl sites for hydroxylation is 2. The van der Waals surface area contributed by atoms with Crippen LogP contribution < -0.4 is 0 Å². The van der Waals surface area contributed by atoms with E-state index in [0.717, 1.165) is 21.6 Å². The maximum absolute atomic E-state index is 11.9. The van der Waals surface area contributed by atoms with Crippen LogP contribution >= 0.6 is 11.3 Å². The highest BCUT2D eigenvalue weighted by molar-refractivity contribution is 7.12. The molecule has 0 atom stereocenters. The van der Waals surface area contributed by atoms with E-state index in [0.29, 0.717) is 11.1 Å². The molecule has 19 heavy (non-hydrogen) atoms. The molecule has 0 N–H and O–H groups in total. The van der Waals surface area contributed by atoms with Gasteiger partial charge in [0.15, 0.2) is 0 Å². The first kappa shape index (κ1) is 13.7. The molecule has 1 aliphatic heterocycles.